The number of ether oxygens (including phenoxy) is 1. The predicted octanol–water partition coefficient (Wildman–Crippen LogP) is 2.71. The van der Waals surface area contributed by atoms with Crippen LogP contribution in [0.15, 0.2) is 0 Å². The Hall–Kier alpha value is -0.810. The molecule has 2 aliphatic heterocycles. The molecule has 0 aromatic heterocycles. The molecule has 3 fully saturated rings. The van der Waals surface area contributed by atoms with Crippen molar-refractivity contribution in [3.8, 4) is 0 Å². The standard InChI is InChI=1S/C19H35N3O2/c1-2-21(15-17-5-6-17)10-7-16-8-11-22(12-9-16)19(23)20-14-18-4-3-13-24-18/h16-18H,2-15H2,1H3,(H,20,23)/t18-/m0/s1. The molecule has 2 amide bonds. The van der Waals surface area contributed by atoms with Crippen LogP contribution in [0.3, 0.4) is 0 Å². The van der Waals surface area contributed by atoms with E-state index in [-0.39, 0.29) is 12.1 Å². The fourth-order valence-electron chi connectivity index (χ4n) is 3.95. The van der Waals surface area contributed by atoms with Crippen molar-refractivity contribution in [3.63, 3.8) is 0 Å². The molecule has 3 aliphatic rings. The molecule has 0 unspecified atom stereocenters. The van der Waals surface area contributed by atoms with Crippen molar-refractivity contribution < 1.29 is 9.53 Å². The summed E-state index contributed by atoms with van der Waals surface area (Å²) in [4.78, 5) is 16.9. The first kappa shape index (κ1) is 18.0. The van der Waals surface area contributed by atoms with E-state index in [1.165, 1.54) is 38.9 Å². The maximum Gasteiger partial charge on any atom is 0.317 e. The first-order chi connectivity index (χ1) is 11.7. The SMILES string of the molecule is CCN(CCC1CCN(C(=O)NC[C@@H]2CCCO2)CC1)CC1CC1. The second-order valence-electron chi connectivity index (χ2n) is 7.88. The lowest BCUT2D eigenvalue weighted by molar-refractivity contribution is 0.107. The van der Waals surface area contributed by atoms with Gasteiger partial charge >= 0.3 is 6.03 Å². The first-order valence-corrected chi connectivity index (χ1v) is 10.1. The lowest BCUT2D eigenvalue weighted by atomic mass is 9.93. The average Bonchev–Trinajstić information content (AvgIpc) is 3.28. The number of amides is 2. The van der Waals surface area contributed by atoms with Crippen molar-refractivity contribution >= 4 is 6.03 Å². The van der Waals surface area contributed by atoms with Gasteiger partial charge in [-0.3, -0.25) is 0 Å². The molecule has 3 rings (SSSR count). The molecule has 1 N–H and O–H groups in total. The van der Waals surface area contributed by atoms with Gasteiger partial charge in [0.15, 0.2) is 0 Å². The maximum atomic E-state index is 12.3. The molecule has 24 heavy (non-hydrogen) atoms. The quantitative estimate of drug-likeness (QED) is 0.741. The van der Waals surface area contributed by atoms with Crippen LogP contribution in [-0.4, -0.2) is 67.8 Å². The van der Waals surface area contributed by atoms with Crippen LogP contribution in [0.2, 0.25) is 0 Å². The van der Waals surface area contributed by atoms with E-state index < -0.39 is 0 Å². The van der Waals surface area contributed by atoms with Crippen molar-refractivity contribution in [1.82, 2.24) is 15.1 Å². The number of rotatable bonds is 8. The third-order valence-electron chi connectivity index (χ3n) is 5.92. The van der Waals surface area contributed by atoms with E-state index in [2.05, 4.69) is 17.1 Å². The van der Waals surface area contributed by atoms with Crippen molar-refractivity contribution in [1.29, 1.82) is 0 Å². The minimum atomic E-state index is 0.105. The zero-order valence-electron chi connectivity index (χ0n) is 15.3. The first-order valence-electron chi connectivity index (χ1n) is 10.1. The molecule has 0 spiro atoms. The highest BCUT2D eigenvalue weighted by atomic mass is 16.5. The molecule has 2 heterocycles. The number of hydrogen-bond acceptors (Lipinski definition) is 3. The highest BCUT2D eigenvalue weighted by Gasteiger charge is 2.26. The summed E-state index contributed by atoms with van der Waals surface area (Å²) in [6.07, 6.45) is 8.94. The zero-order valence-corrected chi connectivity index (χ0v) is 15.3. The van der Waals surface area contributed by atoms with Crippen molar-refractivity contribution in [2.24, 2.45) is 11.8 Å². The van der Waals surface area contributed by atoms with Gasteiger partial charge in [-0.1, -0.05) is 6.92 Å². The fourth-order valence-corrected chi connectivity index (χ4v) is 3.95. The van der Waals surface area contributed by atoms with Crippen molar-refractivity contribution in [2.45, 2.75) is 58.0 Å². The monoisotopic (exact) mass is 337 g/mol. The van der Waals surface area contributed by atoms with Gasteiger partial charge in [0.2, 0.25) is 0 Å². The van der Waals surface area contributed by atoms with Crippen LogP contribution < -0.4 is 5.32 Å². The number of nitrogens with zero attached hydrogens (tertiary/aromatic N) is 2. The van der Waals surface area contributed by atoms with Gasteiger partial charge in [0, 0.05) is 32.8 Å². The number of carbonyl (C=O) groups is 1. The van der Waals surface area contributed by atoms with Gasteiger partial charge in [-0.2, -0.15) is 0 Å². The largest absolute Gasteiger partial charge is 0.376 e. The molecular formula is C19H35N3O2. The Balaban J connectivity index is 1.29. The number of piperidine rings is 1. The zero-order chi connectivity index (χ0) is 16.8. The third-order valence-corrected chi connectivity index (χ3v) is 5.92. The van der Waals surface area contributed by atoms with E-state index in [0.29, 0.717) is 6.54 Å². The molecule has 0 bridgehead atoms. The smallest absolute Gasteiger partial charge is 0.317 e. The topological polar surface area (TPSA) is 44.8 Å². The van der Waals surface area contributed by atoms with Crippen LogP contribution in [0.1, 0.15) is 51.9 Å². The normalized spacial score (nSPS) is 25.4. The predicted molar refractivity (Wildman–Crippen MR) is 96.1 cm³/mol. The van der Waals surface area contributed by atoms with E-state index in [4.69, 9.17) is 4.74 Å². The molecule has 138 valence electrons. The number of urea groups is 1. The summed E-state index contributed by atoms with van der Waals surface area (Å²) in [5.41, 5.74) is 0. The summed E-state index contributed by atoms with van der Waals surface area (Å²) in [7, 11) is 0. The lowest BCUT2D eigenvalue weighted by Crippen LogP contribution is -2.46. The number of carbonyl (C=O) groups excluding carboxylic acids is 1. The minimum Gasteiger partial charge on any atom is -0.376 e. The van der Waals surface area contributed by atoms with Crippen molar-refractivity contribution in [2.75, 3.05) is 45.9 Å². The van der Waals surface area contributed by atoms with Gasteiger partial charge in [-0.15, -0.1) is 0 Å². The lowest BCUT2D eigenvalue weighted by Gasteiger charge is -2.33. The van der Waals surface area contributed by atoms with Gasteiger partial charge in [0.25, 0.3) is 0 Å². The van der Waals surface area contributed by atoms with E-state index in [0.717, 1.165) is 57.2 Å². The van der Waals surface area contributed by atoms with Crippen LogP contribution in [0.5, 0.6) is 0 Å². The number of nitrogens with one attached hydrogen (secondary N) is 1. The van der Waals surface area contributed by atoms with E-state index >= 15 is 0 Å². The van der Waals surface area contributed by atoms with Crippen LogP contribution in [0, 0.1) is 11.8 Å². The summed E-state index contributed by atoms with van der Waals surface area (Å²) in [5, 5.41) is 3.05. The molecule has 0 radical (unpaired) electrons. The van der Waals surface area contributed by atoms with Crippen molar-refractivity contribution in [3.05, 3.63) is 0 Å². The Kier molecular flexibility index (Phi) is 6.78. The summed E-state index contributed by atoms with van der Waals surface area (Å²) in [6.45, 7) is 9.36. The van der Waals surface area contributed by atoms with E-state index in [1.54, 1.807) is 0 Å². The Morgan fingerprint density at radius 2 is 1.96 bits per heavy atom. The van der Waals surface area contributed by atoms with Gasteiger partial charge in [0.1, 0.15) is 0 Å². The molecule has 5 heteroatoms. The van der Waals surface area contributed by atoms with E-state index in [9.17, 15) is 4.79 Å². The molecule has 0 aromatic carbocycles. The van der Waals surface area contributed by atoms with Crippen LogP contribution in [0.25, 0.3) is 0 Å². The summed E-state index contributed by atoms with van der Waals surface area (Å²) in [5.74, 6) is 1.78. The minimum absolute atomic E-state index is 0.105. The Morgan fingerprint density at radius 3 is 2.58 bits per heavy atom. The molecule has 1 aliphatic carbocycles. The van der Waals surface area contributed by atoms with Crippen LogP contribution in [0.4, 0.5) is 4.79 Å². The molecule has 2 saturated heterocycles. The molecule has 5 nitrogen and oxygen atoms in total. The second kappa shape index (κ2) is 9.04. The number of hydrogen-bond donors (Lipinski definition) is 1. The van der Waals surface area contributed by atoms with Gasteiger partial charge in [-0.05, 0) is 69.9 Å². The second-order valence-corrected chi connectivity index (χ2v) is 7.88. The summed E-state index contributed by atoms with van der Waals surface area (Å²) >= 11 is 0. The molecule has 1 saturated carbocycles. The third kappa shape index (κ3) is 5.62. The summed E-state index contributed by atoms with van der Waals surface area (Å²) < 4.78 is 5.57. The molecule has 1 atom stereocenters. The highest BCUT2D eigenvalue weighted by Crippen LogP contribution is 2.30. The Bertz CT molecular complexity index is 386. The summed E-state index contributed by atoms with van der Waals surface area (Å²) in [6, 6.07) is 0.105. The van der Waals surface area contributed by atoms with Gasteiger partial charge in [-0.25, -0.2) is 4.79 Å². The Labute approximate surface area is 147 Å². The maximum absolute atomic E-state index is 12.3. The van der Waals surface area contributed by atoms with Crippen LogP contribution in [-0.2, 0) is 4.74 Å². The van der Waals surface area contributed by atoms with Crippen LogP contribution >= 0.6 is 0 Å². The average molecular weight is 338 g/mol. The fraction of sp³-hybridized carbons (Fsp3) is 0.947. The molecular weight excluding hydrogens is 302 g/mol. The van der Waals surface area contributed by atoms with E-state index in [1.807, 2.05) is 4.90 Å². The molecule has 0 aromatic rings. The van der Waals surface area contributed by atoms with Gasteiger partial charge < -0.3 is 19.9 Å². The van der Waals surface area contributed by atoms with Gasteiger partial charge in [0.05, 0.1) is 6.10 Å². The number of likely N-dealkylation sites (tertiary alicyclic amines) is 1. The highest BCUT2D eigenvalue weighted by molar-refractivity contribution is 5.74. The Morgan fingerprint density at radius 1 is 1.17 bits per heavy atom.